The fraction of sp³-hybridized carbons (Fsp3) is 0.450. The number of nitrogens with zero attached hydrogens (tertiary/aromatic N) is 1. The molecule has 1 aromatic rings. The molecule has 1 N–H and O–H groups in total. The number of hydrogen-bond acceptors (Lipinski definition) is 3. The Morgan fingerprint density at radius 3 is 2.72 bits per heavy atom. The Hall–Kier alpha value is -2.43. The third kappa shape index (κ3) is 2.41. The molecular weight excluding hydrogens is 318 g/mol. The zero-order valence-corrected chi connectivity index (χ0v) is 14.1. The lowest BCUT2D eigenvalue weighted by Gasteiger charge is -2.40. The zero-order valence-electron chi connectivity index (χ0n) is 14.1. The maximum absolute atomic E-state index is 13.2. The predicted molar refractivity (Wildman–Crippen MR) is 92.2 cm³/mol. The summed E-state index contributed by atoms with van der Waals surface area (Å²) in [5.41, 5.74) is 0.498. The second kappa shape index (κ2) is 5.83. The smallest absolute Gasteiger partial charge is 0.337 e. The van der Waals surface area contributed by atoms with Crippen molar-refractivity contribution < 1.29 is 19.5 Å². The first-order valence-electron chi connectivity index (χ1n) is 8.92. The Kier molecular flexibility index (Phi) is 3.74. The van der Waals surface area contributed by atoms with Crippen LogP contribution in [0, 0.1) is 23.7 Å². The quantitative estimate of drug-likeness (QED) is 0.676. The Labute approximate surface area is 146 Å². The summed E-state index contributed by atoms with van der Waals surface area (Å²) in [4.78, 5) is 37.2. The van der Waals surface area contributed by atoms with Crippen molar-refractivity contribution in [2.75, 3.05) is 0 Å². The average Bonchev–Trinajstić information content (AvgIpc) is 3.15. The summed E-state index contributed by atoms with van der Waals surface area (Å²) in [5.74, 6) is -1.01. The van der Waals surface area contributed by atoms with Gasteiger partial charge in [-0.15, -0.1) is 0 Å². The summed E-state index contributed by atoms with van der Waals surface area (Å²) < 4.78 is 1.28. The van der Waals surface area contributed by atoms with Gasteiger partial charge >= 0.3 is 5.97 Å². The van der Waals surface area contributed by atoms with Crippen LogP contribution in [-0.2, 0) is 4.79 Å². The molecule has 5 nitrogen and oxygen atoms in total. The Balaban J connectivity index is 1.69. The molecule has 0 radical (unpaired) electrons. The molecule has 1 unspecified atom stereocenters. The minimum absolute atomic E-state index is 0.0586. The fourth-order valence-corrected chi connectivity index (χ4v) is 4.77. The summed E-state index contributed by atoms with van der Waals surface area (Å²) >= 11 is 0. The maximum atomic E-state index is 13.2. The van der Waals surface area contributed by atoms with E-state index in [4.69, 9.17) is 0 Å². The van der Waals surface area contributed by atoms with Gasteiger partial charge < -0.3 is 5.11 Å². The van der Waals surface area contributed by atoms with Gasteiger partial charge in [0.05, 0.1) is 16.8 Å². The number of aromatic carboxylic acids is 1. The van der Waals surface area contributed by atoms with E-state index in [0.29, 0.717) is 11.6 Å². The van der Waals surface area contributed by atoms with Crippen LogP contribution >= 0.6 is 0 Å². The van der Waals surface area contributed by atoms with E-state index in [1.807, 2.05) is 6.92 Å². The van der Waals surface area contributed by atoms with Crippen LogP contribution < -0.4 is 0 Å². The number of carbonyl (C=O) groups is 3. The van der Waals surface area contributed by atoms with E-state index < -0.39 is 11.9 Å². The van der Waals surface area contributed by atoms with Crippen molar-refractivity contribution in [2.45, 2.75) is 32.6 Å². The predicted octanol–water partition coefficient (Wildman–Crippen LogP) is 3.42. The molecule has 4 rings (SSSR count). The highest BCUT2D eigenvalue weighted by atomic mass is 16.4. The third-order valence-corrected chi connectivity index (χ3v) is 6.02. The molecule has 5 heteroatoms. The van der Waals surface area contributed by atoms with Crippen molar-refractivity contribution in [2.24, 2.45) is 23.7 Å². The van der Waals surface area contributed by atoms with Crippen molar-refractivity contribution in [1.82, 2.24) is 4.57 Å². The van der Waals surface area contributed by atoms with Crippen LogP contribution in [0.2, 0.25) is 0 Å². The maximum Gasteiger partial charge on any atom is 0.337 e. The first-order chi connectivity index (χ1) is 12.0. The van der Waals surface area contributed by atoms with Gasteiger partial charge in [-0.1, -0.05) is 31.9 Å². The minimum Gasteiger partial charge on any atom is -0.478 e. The van der Waals surface area contributed by atoms with Crippen LogP contribution in [0.5, 0.6) is 0 Å². The van der Waals surface area contributed by atoms with E-state index in [-0.39, 0.29) is 34.7 Å². The molecular formula is C20H21NO4. The zero-order chi connectivity index (χ0) is 17.7. The van der Waals surface area contributed by atoms with Gasteiger partial charge in [0, 0.05) is 12.1 Å². The van der Waals surface area contributed by atoms with Crippen LogP contribution in [0.1, 0.15) is 53.5 Å². The highest BCUT2D eigenvalue weighted by Gasteiger charge is 2.43. The molecule has 0 amide bonds. The first kappa shape index (κ1) is 16.1. The SMILES string of the molecule is C[C@H]1C=C[C@H]2CCCC[C@@H]2C1C(=O)C1=Cc2c(C(=O)O)ccn2C1=O. The van der Waals surface area contributed by atoms with Gasteiger partial charge in [0.1, 0.15) is 0 Å². The van der Waals surface area contributed by atoms with Crippen molar-refractivity contribution in [1.29, 1.82) is 0 Å². The van der Waals surface area contributed by atoms with E-state index in [1.165, 1.54) is 29.3 Å². The summed E-state index contributed by atoms with van der Waals surface area (Å²) in [6.07, 6.45) is 11.7. The molecule has 130 valence electrons. The standard InChI is InChI=1S/C20H21NO4/c1-11-6-7-12-4-2-3-5-13(12)17(11)18(22)15-10-16-14(20(24)25)8-9-21(16)19(15)23/h6-13,17H,2-5H2,1H3,(H,24,25)/t11-,12+,13-,17?/m0/s1. The molecule has 3 aliphatic rings. The molecule has 2 aliphatic carbocycles. The van der Waals surface area contributed by atoms with Gasteiger partial charge in [-0.2, -0.15) is 0 Å². The fourth-order valence-electron chi connectivity index (χ4n) is 4.77. The van der Waals surface area contributed by atoms with Crippen molar-refractivity contribution in [3.05, 3.63) is 41.2 Å². The normalized spacial score (nSPS) is 30.6. The van der Waals surface area contributed by atoms with Gasteiger partial charge in [0.25, 0.3) is 5.91 Å². The summed E-state index contributed by atoms with van der Waals surface area (Å²) in [5, 5.41) is 9.25. The number of rotatable bonds is 3. The number of allylic oxidation sites excluding steroid dienone is 3. The van der Waals surface area contributed by atoms with E-state index in [1.54, 1.807) is 0 Å². The summed E-state index contributed by atoms with van der Waals surface area (Å²) in [6.45, 7) is 2.03. The van der Waals surface area contributed by atoms with Gasteiger partial charge in [0.2, 0.25) is 0 Å². The second-order valence-corrected chi connectivity index (χ2v) is 7.40. The van der Waals surface area contributed by atoms with Crippen LogP contribution in [-0.4, -0.2) is 27.3 Å². The molecule has 1 aliphatic heterocycles. The number of ketones is 1. The lowest BCUT2D eigenvalue weighted by atomic mass is 9.63. The first-order valence-corrected chi connectivity index (χ1v) is 8.92. The monoisotopic (exact) mass is 339 g/mol. The number of carboxylic acids is 1. The Morgan fingerprint density at radius 1 is 1.20 bits per heavy atom. The van der Waals surface area contributed by atoms with Crippen molar-refractivity contribution in [3.8, 4) is 0 Å². The topological polar surface area (TPSA) is 76.4 Å². The van der Waals surface area contributed by atoms with Crippen molar-refractivity contribution >= 4 is 23.7 Å². The molecule has 1 saturated carbocycles. The number of Topliss-reactive ketones (excluding diaryl/α,β-unsaturated/α-hetero) is 1. The largest absolute Gasteiger partial charge is 0.478 e. The number of carbonyl (C=O) groups excluding carboxylic acids is 2. The Morgan fingerprint density at radius 2 is 1.96 bits per heavy atom. The highest BCUT2D eigenvalue weighted by Crippen LogP contribution is 2.44. The van der Waals surface area contributed by atoms with Crippen LogP contribution in [0.15, 0.2) is 30.0 Å². The van der Waals surface area contributed by atoms with E-state index in [9.17, 15) is 19.5 Å². The molecule has 0 spiro atoms. The second-order valence-electron chi connectivity index (χ2n) is 7.40. The van der Waals surface area contributed by atoms with Gasteiger partial charge in [-0.3, -0.25) is 14.2 Å². The van der Waals surface area contributed by atoms with Crippen LogP contribution in [0.4, 0.5) is 0 Å². The van der Waals surface area contributed by atoms with Gasteiger partial charge in [-0.05, 0) is 42.7 Å². The van der Waals surface area contributed by atoms with Crippen LogP contribution in [0.25, 0.3) is 6.08 Å². The molecule has 1 fully saturated rings. The summed E-state index contributed by atoms with van der Waals surface area (Å²) in [7, 11) is 0. The molecule has 4 atom stereocenters. The van der Waals surface area contributed by atoms with E-state index >= 15 is 0 Å². The lowest BCUT2D eigenvalue weighted by molar-refractivity contribution is -0.123. The summed E-state index contributed by atoms with van der Waals surface area (Å²) in [6, 6.07) is 1.40. The number of carboxylic acid groups (broad SMARTS) is 1. The van der Waals surface area contributed by atoms with Crippen LogP contribution in [0.3, 0.4) is 0 Å². The molecule has 0 bridgehead atoms. The van der Waals surface area contributed by atoms with Crippen molar-refractivity contribution in [3.63, 3.8) is 0 Å². The van der Waals surface area contributed by atoms with E-state index in [0.717, 1.165) is 19.3 Å². The lowest BCUT2D eigenvalue weighted by Crippen LogP contribution is -2.39. The number of hydrogen-bond donors (Lipinski definition) is 1. The molecule has 1 aromatic heterocycles. The highest BCUT2D eigenvalue weighted by molar-refractivity contribution is 6.27. The molecule has 0 aromatic carbocycles. The minimum atomic E-state index is -1.09. The molecule has 25 heavy (non-hydrogen) atoms. The van der Waals surface area contributed by atoms with Gasteiger partial charge in [0.15, 0.2) is 5.78 Å². The number of fused-ring (bicyclic) bond motifs is 2. The van der Waals surface area contributed by atoms with E-state index in [2.05, 4.69) is 12.2 Å². The number of aromatic nitrogens is 1. The molecule has 2 heterocycles. The average molecular weight is 339 g/mol. The Bertz CT molecular complexity index is 829. The van der Waals surface area contributed by atoms with Gasteiger partial charge in [-0.25, -0.2) is 4.79 Å². The molecule has 0 saturated heterocycles. The third-order valence-electron chi connectivity index (χ3n) is 6.02.